The maximum Gasteiger partial charge on any atom is 0.0821 e. The van der Waals surface area contributed by atoms with Gasteiger partial charge in [0.15, 0.2) is 0 Å². The van der Waals surface area contributed by atoms with Crippen LogP contribution in [0.25, 0.3) is 0 Å². The lowest BCUT2D eigenvalue weighted by molar-refractivity contribution is 0.00818. The Bertz CT molecular complexity index is 230. The summed E-state index contributed by atoms with van der Waals surface area (Å²) >= 11 is 0. The van der Waals surface area contributed by atoms with Gasteiger partial charge >= 0.3 is 0 Å². The maximum atomic E-state index is 5.98. The summed E-state index contributed by atoms with van der Waals surface area (Å²) in [6.45, 7) is 5.32. The summed E-state index contributed by atoms with van der Waals surface area (Å²) in [6.07, 6.45) is 7.57. The van der Waals surface area contributed by atoms with Crippen molar-refractivity contribution in [2.75, 3.05) is 32.9 Å². The van der Waals surface area contributed by atoms with Gasteiger partial charge in [-0.25, -0.2) is 0 Å². The fraction of sp³-hybridized carbons (Fsp3) is 1.00. The topological polar surface area (TPSA) is 21.7 Å². The van der Waals surface area contributed by atoms with Gasteiger partial charge in [0.05, 0.1) is 5.60 Å². The fourth-order valence-corrected chi connectivity index (χ4v) is 3.52. The molecule has 3 heterocycles. The van der Waals surface area contributed by atoms with E-state index in [1.807, 2.05) is 0 Å². The van der Waals surface area contributed by atoms with E-state index in [0.717, 1.165) is 25.9 Å². The molecule has 0 bridgehead atoms. The van der Waals surface area contributed by atoms with Crippen LogP contribution in [-0.4, -0.2) is 49.5 Å². The van der Waals surface area contributed by atoms with E-state index < -0.39 is 0 Å². The molecule has 1 spiro atoms. The zero-order chi connectivity index (χ0) is 10.8. The quantitative estimate of drug-likeness (QED) is 0.679. The SMILES string of the molecule is C1COCCC(N2CC[C@]3(CCCO3)C2)C1. The summed E-state index contributed by atoms with van der Waals surface area (Å²) in [5, 5.41) is 0. The van der Waals surface area contributed by atoms with Gasteiger partial charge in [-0.3, -0.25) is 4.90 Å². The average molecular weight is 225 g/mol. The molecule has 0 N–H and O–H groups in total. The van der Waals surface area contributed by atoms with Crippen LogP contribution in [0.5, 0.6) is 0 Å². The standard InChI is InChI=1S/C13H23NO2/c1-3-12(4-10-15-8-1)14-7-6-13(11-14)5-2-9-16-13/h12H,1-11H2/t12?,13-/m1/s1. The van der Waals surface area contributed by atoms with Crippen molar-refractivity contribution < 1.29 is 9.47 Å². The molecule has 0 aromatic rings. The molecule has 3 rings (SSSR count). The van der Waals surface area contributed by atoms with E-state index in [4.69, 9.17) is 9.47 Å². The van der Waals surface area contributed by atoms with Crippen molar-refractivity contribution in [3.63, 3.8) is 0 Å². The number of hydrogen-bond acceptors (Lipinski definition) is 3. The number of likely N-dealkylation sites (tertiary alicyclic amines) is 1. The van der Waals surface area contributed by atoms with Crippen LogP contribution >= 0.6 is 0 Å². The highest BCUT2D eigenvalue weighted by atomic mass is 16.5. The number of nitrogens with zero attached hydrogens (tertiary/aromatic N) is 1. The largest absolute Gasteiger partial charge is 0.381 e. The first kappa shape index (κ1) is 11.0. The molecule has 0 aliphatic carbocycles. The molecular weight excluding hydrogens is 202 g/mol. The van der Waals surface area contributed by atoms with Gasteiger partial charge in [0.1, 0.15) is 0 Å². The summed E-state index contributed by atoms with van der Waals surface area (Å²) in [4.78, 5) is 2.67. The number of rotatable bonds is 1. The summed E-state index contributed by atoms with van der Waals surface area (Å²) in [7, 11) is 0. The third-order valence-electron chi connectivity index (χ3n) is 4.47. The number of hydrogen-bond donors (Lipinski definition) is 0. The highest BCUT2D eigenvalue weighted by Gasteiger charge is 2.43. The summed E-state index contributed by atoms with van der Waals surface area (Å²) < 4.78 is 11.5. The third-order valence-corrected chi connectivity index (χ3v) is 4.47. The van der Waals surface area contributed by atoms with Crippen molar-refractivity contribution in [2.24, 2.45) is 0 Å². The lowest BCUT2D eigenvalue weighted by Gasteiger charge is -2.28. The van der Waals surface area contributed by atoms with E-state index in [9.17, 15) is 0 Å². The van der Waals surface area contributed by atoms with Crippen LogP contribution in [0.4, 0.5) is 0 Å². The van der Waals surface area contributed by atoms with Crippen molar-refractivity contribution in [1.29, 1.82) is 0 Å². The van der Waals surface area contributed by atoms with Crippen LogP contribution in [0.3, 0.4) is 0 Å². The molecule has 0 amide bonds. The zero-order valence-corrected chi connectivity index (χ0v) is 10.1. The van der Waals surface area contributed by atoms with Crippen molar-refractivity contribution in [3.8, 4) is 0 Å². The first-order valence-electron chi connectivity index (χ1n) is 6.84. The lowest BCUT2D eigenvalue weighted by atomic mass is 9.99. The first-order chi connectivity index (χ1) is 7.88. The molecule has 3 heteroatoms. The van der Waals surface area contributed by atoms with Crippen LogP contribution in [0.2, 0.25) is 0 Å². The Hall–Kier alpha value is -0.120. The van der Waals surface area contributed by atoms with Crippen LogP contribution < -0.4 is 0 Å². The zero-order valence-electron chi connectivity index (χ0n) is 10.1. The van der Waals surface area contributed by atoms with Gasteiger partial charge in [-0.05, 0) is 38.5 Å². The smallest absolute Gasteiger partial charge is 0.0821 e. The van der Waals surface area contributed by atoms with E-state index in [-0.39, 0.29) is 5.60 Å². The summed E-state index contributed by atoms with van der Waals surface area (Å²) in [5.74, 6) is 0. The van der Waals surface area contributed by atoms with Gasteiger partial charge in [-0.1, -0.05) is 0 Å². The molecule has 16 heavy (non-hydrogen) atoms. The van der Waals surface area contributed by atoms with Crippen LogP contribution in [0, 0.1) is 0 Å². The molecule has 92 valence electrons. The normalized spacial score (nSPS) is 41.6. The van der Waals surface area contributed by atoms with Gasteiger partial charge in [-0.2, -0.15) is 0 Å². The highest BCUT2D eigenvalue weighted by Crippen LogP contribution is 2.36. The predicted octanol–water partition coefficient (Wildman–Crippen LogP) is 1.81. The van der Waals surface area contributed by atoms with Gasteiger partial charge in [0.25, 0.3) is 0 Å². The Morgan fingerprint density at radius 1 is 1.00 bits per heavy atom. The van der Waals surface area contributed by atoms with Gasteiger partial charge in [-0.15, -0.1) is 0 Å². The molecule has 2 atom stereocenters. The van der Waals surface area contributed by atoms with E-state index in [2.05, 4.69) is 4.90 Å². The Kier molecular flexibility index (Phi) is 3.18. The summed E-state index contributed by atoms with van der Waals surface area (Å²) in [5.41, 5.74) is 0.243. The van der Waals surface area contributed by atoms with E-state index in [1.54, 1.807) is 0 Å². The Labute approximate surface area is 98.1 Å². The van der Waals surface area contributed by atoms with E-state index >= 15 is 0 Å². The van der Waals surface area contributed by atoms with Gasteiger partial charge in [0.2, 0.25) is 0 Å². The monoisotopic (exact) mass is 225 g/mol. The van der Waals surface area contributed by atoms with Crippen molar-refractivity contribution >= 4 is 0 Å². The molecule has 0 saturated carbocycles. The van der Waals surface area contributed by atoms with E-state index in [0.29, 0.717) is 0 Å². The molecule has 1 unspecified atom stereocenters. The molecule has 0 aromatic carbocycles. The molecule has 0 aromatic heterocycles. The Morgan fingerprint density at radius 2 is 2.00 bits per heavy atom. The second-order valence-electron chi connectivity index (χ2n) is 5.55. The molecule has 3 saturated heterocycles. The average Bonchev–Trinajstić information content (AvgIpc) is 2.84. The van der Waals surface area contributed by atoms with Gasteiger partial charge in [0, 0.05) is 39.0 Å². The molecular formula is C13H23NO2. The molecule has 3 aliphatic rings. The number of ether oxygens (including phenoxy) is 2. The van der Waals surface area contributed by atoms with Crippen LogP contribution in [0.15, 0.2) is 0 Å². The van der Waals surface area contributed by atoms with Crippen LogP contribution in [-0.2, 0) is 9.47 Å². The minimum absolute atomic E-state index is 0.243. The minimum Gasteiger partial charge on any atom is -0.381 e. The summed E-state index contributed by atoms with van der Waals surface area (Å²) in [6, 6.07) is 0.756. The van der Waals surface area contributed by atoms with Crippen molar-refractivity contribution in [3.05, 3.63) is 0 Å². The fourth-order valence-electron chi connectivity index (χ4n) is 3.52. The molecule has 3 nitrogen and oxygen atoms in total. The highest BCUT2D eigenvalue weighted by molar-refractivity contribution is 4.96. The second kappa shape index (κ2) is 4.63. The minimum atomic E-state index is 0.243. The third kappa shape index (κ3) is 2.13. The van der Waals surface area contributed by atoms with Crippen molar-refractivity contribution in [2.45, 2.75) is 50.2 Å². The lowest BCUT2D eigenvalue weighted by Crippen LogP contribution is -2.38. The van der Waals surface area contributed by atoms with Crippen molar-refractivity contribution in [1.82, 2.24) is 4.90 Å². The maximum absolute atomic E-state index is 5.98. The van der Waals surface area contributed by atoms with Gasteiger partial charge < -0.3 is 9.47 Å². The second-order valence-corrected chi connectivity index (χ2v) is 5.55. The Balaban J connectivity index is 1.59. The van der Waals surface area contributed by atoms with E-state index in [1.165, 1.54) is 51.6 Å². The van der Waals surface area contributed by atoms with Crippen LogP contribution in [0.1, 0.15) is 38.5 Å². The first-order valence-corrected chi connectivity index (χ1v) is 6.84. The predicted molar refractivity (Wildman–Crippen MR) is 62.6 cm³/mol. The molecule has 0 radical (unpaired) electrons. The molecule has 3 aliphatic heterocycles. The Morgan fingerprint density at radius 3 is 2.88 bits per heavy atom. The molecule has 3 fully saturated rings.